The summed E-state index contributed by atoms with van der Waals surface area (Å²) < 4.78 is 6.14. The average Bonchev–Trinajstić information content (AvgIpc) is 2.43. The van der Waals surface area contributed by atoms with Crippen molar-refractivity contribution in [2.75, 3.05) is 20.7 Å². The van der Waals surface area contributed by atoms with E-state index in [2.05, 4.69) is 29.8 Å². The SMILES string of the molecule is COc1cc(Br)ccc1C(=O)N(C)CCC(N)C(C)C.Cl. The number of amides is 1. The molecule has 0 aliphatic carbocycles. The van der Waals surface area contributed by atoms with Crippen LogP contribution in [0.5, 0.6) is 5.75 Å². The highest BCUT2D eigenvalue weighted by Crippen LogP contribution is 2.24. The molecule has 1 atom stereocenters. The monoisotopic (exact) mass is 378 g/mol. The lowest BCUT2D eigenvalue weighted by Crippen LogP contribution is -2.34. The molecule has 2 N–H and O–H groups in total. The Balaban J connectivity index is 0.00000400. The number of halogens is 2. The Morgan fingerprint density at radius 1 is 1.43 bits per heavy atom. The number of benzene rings is 1. The van der Waals surface area contributed by atoms with Crippen molar-refractivity contribution in [2.45, 2.75) is 26.3 Å². The van der Waals surface area contributed by atoms with Gasteiger partial charge in [-0.3, -0.25) is 4.79 Å². The lowest BCUT2D eigenvalue weighted by molar-refractivity contribution is 0.0786. The molecular formula is C15H24BrClN2O2. The Morgan fingerprint density at radius 2 is 2.05 bits per heavy atom. The molecule has 6 heteroatoms. The van der Waals surface area contributed by atoms with E-state index in [1.54, 1.807) is 31.2 Å². The van der Waals surface area contributed by atoms with Crippen LogP contribution in [0, 0.1) is 5.92 Å². The molecule has 0 spiro atoms. The van der Waals surface area contributed by atoms with Gasteiger partial charge in [-0.05, 0) is 30.5 Å². The van der Waals surface area contributed by atoms with Crippen molar-refractivity contribution in [1.82, 2.24) is 4.90 Å². The minimum absolute atomic E-state index is 0. The number of rotatable bonds is 6. The van der Waals surface area contributed by atoms with Gasteiger partial charge in [0, 0.05) is 24.1 Å². The third-order valence-corrected chi connectivity index (χ3v) is 3.89. The lowest BCUT2D eigenvalue weighted by atomic mass is 10.0. The van der Waals surface area contributed by atoms with E-state index >= 15 is 0 Å². The minimum atomic E-state index is -0.0506. The third-order valence-electron chi connectivity index (χ3n) is 3.39. The van der Waals surface area contributed by atoms with E-state index in [0.29, 0.717) is 23.8 Å². The van der Waals surface area contributed by atoms with Crippen LogP contribution in [0.1, 0.15) is 30.6 Å². The summed E-state index contributed by atoms with van der Waals surface area (Å²) in [6.07, 6.45) is 0.790. The summed E-state index contributed by atoms with van der Waals surface area (Å²) in [5, 5.41) is 0. The standard InChI is InChI=1S/C15H23BrN2O2.ClH/c1-10(2)13(17)7-8-18(3)15(19)12-6-5-11(16)9-14(12)20-4;/h5-6,9-10,13H,7-8,17H2,1-4H3;1H. The number of carbonyl (C=O) groups is 1. The second-order valence-electron chi connectivity index (χ2n) is 5.27. The van der Waals surface area contributed by atoms with Gasteiger partial charge in [0.15, 0.2) is 0 Å². The zero-order chi connectivity index (χ0) is 15.3. The summed E-state index contributed by atoms with van der Waals surface area (Å²) in [5.74, 6) is 0.940. The quantitative estimate of drug-likeness (QED) is 0.825. The molecule has 4 nitrogen and oxygen atoms in total. The molecule has 120 valence electrons. The number of hydrogen-bond donors (Lipinski definition) is 1. The van der Waals surface area contributed by atoms with Crippen LogP contribution in [-0.2, 0) is 0 Å². The van der Waals surface area contributed by atoms with Crippen molar-refractivity contribution < 1.29 is 9.53 Å². The molecule has 0 aliphatic heterocycles. The Morgan fingerprint density at radius 3 is 2.57 bits per heavy atom. The van der Waals surface area contributed by atoms with Gasteiger partial charge in [0.25, 0.3) is 5.91 Å². The first-order valence-electron chi connectivity index (χ1n) is 6.71. The molecule has 0 saturated heterocycles. The molecule has 0 aromatic heterocycles. The van der Waals surface area contributed by atoms with Gasteiger partial charge < -0.3 is 15.4 Å². The van der Waals surface area contributed by atoms with Gasteiger partial charge >= 0.3 is 0 Å². The highest BCUT2D eigenvalue weighted by atomic mass is 79.9. The molecule has 0 radical (unpaired) electrons. The molecule has 1 aromatic rings. The van der Waals surface area contributed by atoms with Crippen LogP contribution in [0.15, 0.2) is 22.7 Å². The molecule has 0 aliphatic rings. The Hall–Kier alpha value is -0.780. The first kappa shape index (κ1) is 20.2. The fraction of sp³-hybridized carbons (Fsp3) is 0.533. The number of nitrogens with two attached hydrogens (primary N) is 1. The van der Waals surface area contributed by atoms with E-state index in [1.807, 2.05) is 6.07 Å². The molecule has 1 unspecified atom stereocenters. The van der Waals surface area contributed by atoms with Gasteiger partial charge in [-0.15, -0.1) is 12.4 Å². The normalized spacial score (nSPS) is 11.8. The summed E-state index contributed by atoms with van der Waals surface area (Å²) in [6.45, 7) is 4.81. The van der Waals surface area contributed by atoms with Gasteiger partial charge in [-0.25, -0.2) is 0 Å². The molecule has 1 aromatic carbocycles. The zero-order valence-corrected chi connectivity index (χ0v) is 15.3. The Kier molecular flexibility index (Phi) is 8.94. The van der Waals surface area contributed by atoms with Gasteiger partial charge in [0.1, 0.15) is 5.75 Å². The molecule has 1 amide bonds. The van der Waals surface area contributed by atoms with Crippen molar-refractivity contribution in [3.8, 4) is 5.75 Å². The molecule has 0 bridgehead atoms. The second-order valence-corrected chi connectivity index (χ2v) is 6.18. The van der Waals surface area contributed by atoms with E-state index in [9.17, 15) is 4.79 Å². The molecule has 1 rings (SSSR count). The van der Waals surface area contributed by atoms with Gasteiger partial charge in [-0.2, -0.15) is 0 Å². The van der Waals surface area contributed by atoms with E-state index in [1.165, 1.54) is 0 Å². The predicted molar refractivity (Wildman–Crippen MR) is 92.3 cm³/mol. The average molecular weight is 380 g/mol. The van der Waals surface area contributed by atoms with Crippen molar-refractivity contribution in [2.24, 2.45) is 11.7 Å². The summed E-state index contributed by atoms with van der Waals surface area (Å²) in [5.41, 5.74) is 6.58. The molecule has 0 heterocycles. The first-order chi connectivity index (χ1) is 9.36. The maximum atomic E-state index is 12.4. The van der Waals surface area contributed by atoms with Gasteiger partial charge in [-0.1, -0.05) is 29.8 Å². The minimum Gasteiger partial charge on any atom is -0.496 e. The van der Waals surface area contributed by atoms with Crippen molar-refractivity contribution in [3.63, 3.8) is 0 Å². The van der Waals surface area contributed by atoms with Crippen LogP contribution in [0.2, 0.25) is 0 Å². The topological polar surface area (TPSA) is 55.6 Å². The fourth-order valence-corrected chi connectivity index (χ4v) is 2.17. The summed E-state index contributed by atoms with van der Waals surface area (Å²) in [7, 11) is 3.35. The van der Waals surface area contributed by atoms with Crippen molar-refractivity contribution in [1.29, 1.82) is 0 Å². The highest BCUT2D eigenvalue weighted by molar-refractivity contribution is 9.10. The van der Waals surface area contributed by atoms with Crippen molar-refractivity contribution in [3.05, 3.63) is 28.2 Å². The third kappa shape index (κ3) is 5.85. The smallest absolute Gasteiger partial charge is 0.257 e. The predicted octanol–water partition coefficient (Wildman–Crippen LogP) is 3.32. The van der Waals surface area contributed by atoms with E-state index in [-0.39, 0.29) is 24.4 Å². The summed E-state index contributed by atoms with van der Waals surface area (Å²) >= 11 is 3.37. The molecule has 0 fully saturated rings. The van der Waals surface area contributed by atoms with Crippen LogP contribution in [-0.4, -0.2) is 37.6 Å². The van der Waals surface area contributed by atoms with Crippen molar-refractivity contribution >= 4 is 34.2 Å². The van der Waals surface area contributed by atoms with E-state index < -0.39 is 0 Å². The Labute approximate surface area is 141 Å². The van der Waals surface area contributed by atoms with Crippen LogP contribution >= 0.6 is 28.3 Å². The number of methoxy groups -OCH3 is 1. The Bertz CT molecular complexity index is 469. The number of ether oxygens (including phenoxy) is 1. The second kappa shape index (κ2) is 9.28. The van der Waals surface area contributed by atoms with Crippen LogP contribution in [0.25, 0.3) is 0 Å². The largest absolute Gasteiger partial charge is 0.496 e. The summed E-state index contributed by atoms with van der Waals surface area (Å²) in [6, 6.07) is 5.51. The molecule has 0 saturated carbocycles. The van der Waals surface area contributed by atoms with Gasteiger partial charge in [0.05, 0.1) is 12.7 Å². The van der Waals surface area contributed by atoms with Crippen LogP contribution in [0.3, 0.4) is 0 Å². The fourth-order valence-electron chi connectivity index (χ4n) is 1.82. The van der Waals surface area contributed by atoms with Crippen LogP contribution in [0.4, 0.5) is 0 Å². The summed E-state index contributed by atoms with van der Waals surface area (Å²) in [4.78, 5) is 14.1. The number of nitrogens with zero attached hydrogens (tertiary/aromatic N) is 1. The first-order valence-corrected chi connectivity index (χ1v) is 7.50. The zero-order valence-electron chi connectivity index (χ0n) is 12.9. The maximum Gasteiger partial charge on any atom is 0.257 e. The molecule has 21 heavy (non-hydrogen) atoms. The van der Waals surface area contributed by atoms with Crippen LogP contribution < -0.4 is 10.5 Å². The van der Waals surface area contributed by atoms with E-state index in [0.717, 1.165) is 10.9 Å². The number of carbonyl (C=O) groups excluding carboxylic acids is 1. The van der Waals surface area contributed by atoms with Gasteiger partial charge in [0.2, 0.25) is 0 Å². The highest BCUT2D eigenvalue weighted by Gasteiger charge is 2.18. The number of hydrogen-bond acceptors (Lipinski definition) is 3. The molecular weight excluding hydrogens is 356 g/mol. The maximum absolute atomic E-state index is 12.4. The lowest BCUT2D eigenvalue weighted by Gasteiger charge is -2.22. The van der Waals surface area contributed by atoms with E-state index in [4.69, 9.17) is 10.5 Å².